The minimum absolute atomic E-state index is 0.0564. The number of rotatable bonds is 6. The highest BCUT2D eigenvalue weighted by molar-refractivity contribution is 5.79. The largest absolute Gasteiger partial charge is 0.394 e. The van der Waals surface area contributed by atoms with E-state index in [9.17, 15) is 9.90 Å². The van der Waals surface area contributed by atoms with Crippen LogP contribution in [0.2, 0.25) is 0 Å². The summed E-state index contributed by atoms with van der Waals surface area (Å²) in [4.78, 5) is 14.5. The third-order valence-electron chi connectivity index (χ3n) is 5.60. The van der Waals surface area contributed by atoms with Crippen LogP contribution in [0.3, 0.4) is 0 Å². The fourth-order valence-corrected chi connectivity index (χ4v) is 4.16. The van der Waals surface area contributed by atoms with Gasteiger partial charge in [0, 0.05) is 12.5 Å². The van der Waals surface area contributed by atoms with Gasteiger partial charge < -0.3 is 10.0 Å². The summed E-state index contributed by atoms with van der Waals surface area (Å²) in [5.74, 6) is 0.133. The third-order valence-corrected chi connectivity index (χ3v) is 5.60. The highest BCUT2D eigenvalue weighted by atomic mass is 16.3. The first-order chi connectivity index (χ1) is 13.8. The van der Waals surface area contributed by atoms with Gasteiger partial charge in [0.05, 0.1) is 12.6 Å². The summed E-state index contributed by atoms with van der Waals surface area (Å²) in [7, 11) is 0. The van der Waals surface area contributed by atoms with Gasteiger partial charge in [-0.15, -0.1) is 0 Å². The van der Waals surface area contributed by atoms with Crippen LogP contribution in [0.4, 0.5) is 0 Å². The summed E-state index contributed by atoms with van der Waals surface area (Å²) < 4.78 is 0. The third kappa shape index (κ3) is 3.85. The zero-order valence-electron chi connectivity index (χ0n) is 15.9. The monoisotopic (exact) mass is 371 g/mol. The van der Waals surface area contributed by atoms with E-state index in [4.69, 9.17) is 0 Å². The molecule has 0 aromatic heterocycles. The minimum atomic E-state index is -0.273. The van der Waals surface area contributed by atoms with Gasteiger partial charge in [-0.3, -0.25) is 4.79 Å². The molecule has 1 aliphatic rings. The molecule has 3 heteroatoms. The molecule has 3 aromatic carbocycles. The number of aliphatic hydroxyl groups is 1. The van der Waals surface area contributed by atoms with E-state index in [2.05, 4.69) is 36.4 Å². The highest BCUT2D eigenvalue weighted by Gasteiger charge is 2.36. The van der Waals surface area contributed by atoms with Crippen LogP contribution in [-0.2, 0) is 11.2 Å². The van der Waals surface area contributed by atoms with E-state index < -0.39 is 0 Å². The van der Waals surface area contributed by atoms with Gasteiger partial charge in [0.1, 0.15) is 0 Å². The molecule has 2 unspecified atom stereocenters. The van der Waals surface area contributed by atoms with Crippen molar-refractivity contribution < 1.29 is 9.90 Å². The lowest BCUT2D eigenvalue weighted by atomic mass is 9.98. The fraction of sp³-hybridized carbons (Fsp3) is 0.240. The Labute approximate surface area is 166 Å². The molecular weight excluding hydrogens is 346 g/mol. The van der Waals surface area contributed by atoms with Crippen molar-refractivity contribution >= 4 is 5.91 Å². The van der Waals surface area contributed by atoms with Crippen molar-refractivity contribution in [2.75, 3.05) is 6.61 Å². The zero-order valence-corrected chi connectivity index (χ0v) is 15.9. The first-order valence-electron chi connectivity index (χ1n) is 9.87. The molecule has 0 saturated carbocycles. The van der Waals surface area contributed by atoms with Crippen molar-refractivity contribution in [1.29, 1.82) is 0 Å². The van der Waals surface area contributed by atoms with E-state index >= 15 is 0 Å². The summed E-state index contributed by atoms with van der Waals surface area (Å²) in [6, 6.07) is 28.6. The Kier molecular flexibility index (Phi) is 5.54. The van der Waals surface area contributed by atoms with Gasteiger partial charge in [-0.2, -0.15) is 0 Å². The topological polar surface area (TPSA) is 40.5 Å². The molecule has 1 N–H and O–H groups in total. The van der Waals surface area contributed by atoms with Crippen LogP contribution in [0.5, 0.6) is 0 Å². The van der Waals surface area contributed by atoms with Crippen LogP contribution in [0.15, 0.2) is 84.9 Å². The number of amides is 1. The average Bonchev–Trinajstić information content (AvgIpc) is 3.11. The predicted molar refractivity (Wildman–Crippen MR) is 112 cm³/mol. The fourth-order valence-electron chi connectivity index (χ4n) is 4.16. The van der Waals surface area contributed by atoms with Crippen LogP contribution in [0, 0.1) is 0 Å². The number of hydrogen-bond donors (Lipinski definition) is 1. The average molecular weight is 371 g/mol. The van der Waals surface area contributed by atoms with Crippen LogP contribution in [0.1, 0.15) is 30.0 Å². The van der Waals surface area contributed by atoms with Crippen LogP contribution >= 0.6 is 0 Å². The summed E-state index contributed by atoms with van der Waals surface area (Å²) >= 11 is 0. The predicted octanol–water partition coefficient (Wildman–Crippen LogP) is 4.62. The van der Waals surface area contributed by atoms with Gasteiger partial charge in [-0.05, 0) is 35.1 Å². The van der Waals surface area contributed by atoms with E-state index in [1.807, 2.05) is 53.4 Å². The number of carbonyl (C=O) groups is 1. The van der Waals surface area contributed by atoms with E-state index in [0.717, 1.165) is 18.4 Å². The number of benzene rings is 3. The maximum Gasteiger partial charge on any atom is 0.223 e. The second kappa shape index (κ2) is 8.41. The first-order valence-corrected chi connectivity index (χ1v) is 9.87. The molecule has 1 aliphatic heterocycles. The van der Waals surface area contributed by atoms with Crippen LogP contribution < -0.4 is 0 Å². The van der Waals surface area contributed by atoms with Gasteiger partial charge in [-0.25, -0.2) is 0 Å². The summed E-state index contributed by atoms with van der Waals surface area (Å²) in [6.45, 7) is -0.0564. The molecule has 0 bridgehead atoms. The normalized spacial score (nSPS) is 17.7. The summed E-state index contributed by atoms with van der Waals surface area (Å²) in [6.07, 6.45) is 2.20. The molecule has 1 saturated heterocycles. The van der Waals surface area contributed by atoms with Crippen molar-refractivity contribution in [3.05, 3.63) is 96.1 Å². The van der Waals surface area contributed by atoms with Crippen molar-refractivity contribution in [3.8, 4) is 11.1 Å². The lowest BCUT2D eigenvalue weighted by Crippen LogP contribution is -2.39. The standard InChI is InChI=1S/C25H25NO2/c27-18-24(22-9-5-2-6-10-22)26-23(15-16-25(26)28)17-19-11-13-21(14-12-19)20-7-3-1-4-8-20/h1-14,23-24,27H,15-18H2. The lowest BCUT2D eigenvalue weighted by Gasteiger charge is -2.33. The van der Waals surface area contributed by atoms with Gasteiger partial charge >= 0.3 is 0 Å². The SMILES string of the molecule is O=C1CCC(Cc2ccc(-c3ccccc3)cc2)N1C(CO)c1ccccc1. The Morgan fingerprint density at radius 2 is 1.46 bits per heavy atom. The van der Waals surface area contributed by atoms with Crippen molar-refractivity contribution in [1.82, 2.24) is 4.90 Å². The van der Waals surface area contributed by atoms with E-state index in [0.29, 0.717) is 6.42 Å². The maximum atomic E-state index is 12.6. The smallest absolute Gasteiger partial charge is 0.223 e. The number of hydrogen-bond acceptors (Lipinski definition) is 2. The molecule has 4 rings (SSSR count). The zero-order chi connectivity index (χ0) is 19.3. The van der Waals surface area contributed by atoms with E-state index in [1.54, 1.807) is 0 Å². The molecule has 142 valence electrons. The maximum absolute atomic E-state index is 12.6. The lowest BCUT2D eigenvalue weighted by molar-refractivity contribution is -0.132. The molecule has 2 atom stereocenters. The molecule has 1 heterocycles. The van der Waals surface area contributed by atoms with Gasteiger partial charge in [0.25, 0.3) is 0 Å². The second-order valence-corrected chi connectivity index (χ2v) is 7.37. The van der Waals surface area contributed by atoms with Gasteiger partial charge in [0.15, 0.2) is 0 Å². The second-order valence-electron chi connectivity index (χ2n) is 7.37. The molecule has 0 radical (unpaired) electrons. The number of nitrogens with zero attached hydrogens (tertiary/aromatic N) is 1. The Morgan fingerprint density at radius 3 is 2.11 bits per heavy atom. The van der Waals surface area contributed by atoms with Crippen molar-refractivity contribution in [2.24, 2.45) is 0 Å². The van der Waals surface area contributed by atoms with Gasteiger partial charge in [-0.1, -0.05) is 84.9 Å². The van der Waals surface area contributed by atoms with Crippen LogP contribution in [-0.4, -0.2) is 28.6 Å². The summed E-state index contributed by atoms with van der Waals surface area (Å²) in [5.41, 5.74) is 4.61. The van der Waals surface area contributed by atoms with Gasteiger partial charge in [0.2, 0.25) is 5.91 Å². The molecule has 0 aliphatic carbocycles. The molecule has 3 nitrogen and oxygen atoms in total. The Bertz CT molecular complexity index is 906. The minimum Gasteiger partial charge on any atom is -0.394 e. The quantitative estimate of drug-likeness (QED) is 0.687. The molecular formula is C25H25NO2. The Balaban J connectivity index is 1.52. The van der Waals surface area contributed by atoms with Crippen molar-refractivity contribution in [3.63, 3.8) is 0 Å². The Hall–Kier alpha value is -2.91. The molecule has 1 fully saturated rings. The van der Waals surface area contributed by atoms with E-state index in [-0.39, 0.29) is 24.6 Å². The van der Waals surface area contributed by atoms with E-state index in [1.165, 1.54) is 16.7 Å². The highest BCUT2D eigenvalue weighted by Crippen LogP contribution is 2.32. The number of aliphatic hydroxyl groups excluding tert-OH is 1. The summed E-state index contributed by atoms with van der Waals surface area (Å²) in [5, 5.41) is 10.0. The van der Waals surface area contributed by atoms with Crippen molar-refractivity contribution in [2.45, 2.75) is 31.3 Å². The molecule has 28 heavy (non-hydrogen) atoms. The molecule has 0 spiro atoms. The molecule has 3 aromatic rings. The Morgan fingerprint density at radius 1 is 0.857 bits per heavy atom. The number of likely N-dealkylation sites (tertiary alicyclic amines) is 1. The first kappa shape index (κ1) is 18.5. The molecule has 1 amide bonds. The number of carbonyl (C=O) groups excluding carboxylic acids is 1. The van der Waals surface area contributed by atoms with Crippen LogP contribution in [0.25, 0.3) is 11.1 Å².